The maximum absolute atomic E-state index is 5.89. The summed E-state index contributed by atoms with van der Waals surface area (Å²) in [6, 6.07) is 0.710. The average Bonchev–Trinajstić information content (AvgIpc) is 2.15. The highest BCUT2D eigenvalue weighted by Crippen LogP contribution is 2.38. The van der Waals surface area contributed by atoms with Crippen LogP contribution in [0.4, 0.5) is 0 Å². The van der Waals surface area contributed by atoms with Crippen molar-refractivity contribution in [3.8, 4) is 0 Å². The van der Waals surface area contributed by atoms with E-state index in [1.807, 2.05) is 0 Å². The molecule has 3 heteroatoms. The lowest BCUT2D eigenvalue weighted by molar-refractivity contribution is 0.0604. The van der Waals surface area contributed by atoms with Gasteiger partial charge in [-0.1, -0.05) is 0 Å². The Morgan fingerprint density at radius 1 is 1.29 bits per heavy atom. The molecule has 0 aromatic rings. The standard InChI is InChI=1S/C11H22N2S/c1-8(2)13-4-9-6-14-7-10(5-13)11(9)3-12/h8-11H,3-7,12H2,1-2H3. The number of hydrogen-bond donors (Lipinski definition) is 1. The molecule has 2 fully saturated rings. The number of nitrogens with zero attached hydrogens (tertiary/aromatic N) is 1. The summed E-state index contributed by atoms with van der Waals surface area (Å²) in [5, 5.41) is 0. The van der Waals surface area contributed by atoms with E-state index in [4.69, 9.17) is 5.73 Å². The monoisotopic (exact) mass is 214 g/mol. The third-order valence-corrected chi connectivity index (χ3v) is 5.14. The number of nitrogens with two attached hydrogens (primary N) is 1. The molecule has 0 radical (unpaired) electrons. The third kappa shape index (κ3) is 1.95. The van der Waals surface area contributed by atoms with Gasteiger partial charge in [-0.2, -0.15) is 11.8 Å². The van der Waals surface area contributed by atoms with E-state index in [9.17, 15) is 0 Å². The minimum absolute atomic E-state index is 0.710. The van der Waals surface area contributed by atoms with Crippen LogP contribution in [0.1, 0.15) is 13.8 Å². The van der Waals surface area contributed by atoms with Crippen molar-refractivity contribution in [1.29, 1.82) is 0 Å². The molecule has 2 N–H and O–H groups in total. The van der Waals surface area contributed by atoms with Crippen LogP contribution in [-0.4, -0.2) is 42.1 Å². The summed E-state index contributed by atoms with van der Waals surface area (Å²) in [6.45, 7) is 8.09. The summed E-state index contributed by atoms with van der Waals surface area (Å²) in [4.78, 5) is 2.64. The zero-order chi connectivity index (χ0) is 10.1. The molecule has 2 nitrogen and oxygen atoms in total. The molecule has 2 aliphatic rings. The lowest BCUT2D eigenvalue weighted by Crippen LogP contribution is -2.54. The van der Waals surface area contributed by atoms with Crippen molar-refractivity contribution < 1.29 is 0 Å². The van der Waals surface area contributed by atoms with Gasteiger partial charge in [-0.15, -0.1) is 0 Å². The molecule has 0 amide bonds. The topological polar surface area (TPSA) is 29.3 Å². The van der Waals surface area contributed by atoms with E-state index >= 15 is 0 Å². The number of thioether (sulfide) groups is 1. The second-order valence-corrected chi connectivity index (χ2v) is 6.08. The van der Waals surface area contributed by atoms with Crippen molar-refractivity contribution in [1.82, 2.24) is 4.90 Å². The smallest absolute Gasteiger partial charge is 0.00388 e. The highest BCUT2D eigenvalue weighted by atomic mass is 32.2. The van der Waals surface area contributed by atoms with Crippen LogP contribution in [0.3, 0.4) is 0 Å². The molecule has 0 aliphatic carbocycles. The second kappa shape index (κ2) is 4.42. The molecule has 0 aromatic heterocycles. The van der Waals surface area contributed by atoms with E-state index in [1.165, 1.54) is 24.6 Å². The molecule has 2 aliphatic heterocycles. The Morgan fingerprint density at radius 3 is 2.29 bits per heavy atom. The van der Waals surface area contributed by atoms with Gasteiger partial charge < -0.3 is 10.6 Å². The van der Waals surface area contributed by atoms with Gasteiger partial charge in [-0.05, 0) is 49.7 Å². The van der Waals surface area contributed by atoms with Crippen LogP contribution in [0.15, 0.2) is 0 Å². The molecule has 2 rings (SSSR count). The lowest BCUT2D eigenvalue weighted by atomic mass is 9.78. The fourth-order valence-electron chi connectivity index (χ4n) is 2.86. The second-order valence-electron chi connectivity index (χ2n) is 5.00. The van der Waals surface area contributed by atoms with E-state index in [-0.39, 0.29) is 0 Å². The Morgan fingerprint density at radius 2 is 1.86 bits per heavy atom. The van der Waals surface area contributed by atoms with E-state index in [0.29, 0.717) is 6.04 Å². The largest absolute Gasteiger partial charge is 0.330 e. The summed E-state index contributed by atoms with van der Waals surface area (Å²) >= 11 is 2.14. The predicted molar refractivity (Wildman–Crippen MR) is 63.6 cm³/mol. The SMILES string of the molecule is CC(C)N1CC2CSCC(C1)C2CN. The van der Waals surface area contributed by atoms with Crippen molar-refractivity contribution in [2.45, 2.75) is 19.9 Å². The molecular formula is C11H22N2S. The Kier molecular flexibility index (Phi) is 3.40. The maximum Gasteiger partial charge on any atom is 0.00388 e. The molecule has 2 unspecified atom stereocenters. The van der Waals surface area contributed by atoms with Crippen LogP contribution in [0.5, 0.6) is 0 Å². The van der Waals surface area contributed by atoms with Crippen LogP contribution in [0.2, 0.25) is 0 Å². The van der Waals surface area contributed by atoms with E-state index in [0.717, 1.165) is 24.3 Å². The summed E-state index contributed by atoms with van der Waals surface area (Å²) < 4.78 is 0. The highest BCUT2D eigenvalue weighted by Gasteiger charge is 2.39. The first kappa shape index (κ1) is 10.8. The van der Waals surface area contributed by atoms with Crippen LogP contribution in [0, 0.1) is 17.8 Å². The van der Waals surface area contributed by atoms with Crippen molar-refractivity contribution >= 4 is 11.8 Å². The van der Waals surface area contributed by atoms with Gasteiger partial charge in [0.15, 0.2) is 0 Å². The predicted octanol–water partition coefficient (Wildman–Crippen LogP) is 1.26. The molecule has 0 aromatic carbocycles. The summed E-state index contributed by atoms with van der Waals surface area (Å²) in [6.07, 6.45) is 0. The Hall–Kier alpha value is 0.270. The molecule has 0 spiro atoms. The van der Waals surface area contributed by atoms with Crippen LogP contribution in [0.25, 0.3) is 0 Å². The third-order valence-electron chi connectivity index (χ3n) is 3.82. The fourth-order valence-corrected chi connectivity index (χ4v) is 4.31. The van der Waals surface area contributed by atoms with Gasteiger partial charge in [-0.25, -0.2) is 0 Å². The number of rotatable bonds is 2. The van der Waals surface area contributed by atoms with Gasteiger partial charge in [0.05, 0.1) is 0 Å². The number of hydrogen-bond acceptors (Lipinski definition) is 3. The van der Waals surface area contributed by atoms with Crippen molar-refractivity contribution in [2.75, 3.05) is 31.1 Å². The van der Waals surface area contributed by atoms with Crippen LogP contribution in [-0.2, 0) is 0 Å². The first-order chi connectivity index (χ1) is 6.72. The van der Waals surface area contributed by atoms with Gasteiger partial charge >= 0.3 is 0 Å². The highest BCUT2D eigenvalue weighted by molar-refractivity contribution is 7.99. The minimum Gasteiger partial charge on any atom is -0.330 e. The quantitative estimate of drug-likeness (QED) is 0.750. The molecule has 2 saturated heterocycles. The Labute approximate surface area is 91.6 Å². The van der Waals surface area contributed by atoms with Crippen molar-refractivity contribution in [3.63, 3.8) is 0 Å². The van der Waals surface area contributed by atoms with E-state index < -0.39 is 0 Å². The normalized spacial score (nSPS) is 39.0. The minimum atomic E-state index is 0.710. The van der Waals surface area contributed by atoms with Crippen LogP contribution >= 0.6 is 11.8 Å². The van der Waals surface area contributed by atoms with Gasteiger partial charge in [0, 0.05) is 19.1 Å². The summed E-state index contributed by atoms with van der Waals surface area (Å²) in [5.74, 6) is 5.20. The van der Waals surface area contributed by atoms with Gasteiger partial charge in [0.25, 0.3) is 0 Å². The van der Waals surface area contributed by atoms with E-state index in [1.54, 1.807) is 0 Å². The molecule has 0 saturated carbocycles. The molecule has 2 bridgehead atoms. The summed E-state index contributed by atoms with van der Waals surface area (Å²) in [5.41, 5.74) is 5.89. The first-order valence-electron chi connectivity index (χ1n) is 5.74. The molecule has 14 heavy (non-hydrogen) atoms. The maximum atomic E-state index is 5.89. The van der Waals surface area contributed by atoms with Crippen LogP contribution < -0.4 is 5.73 Å². The number of likely N-dealkylation sites (tertiary alicyclic amines) is 1. The zero-order valence-electron chi connectivity index (χ0n) is 9.28. The number of piperidine rings is 1. The molecular weight excluding hydrogens is 192 g/mol. The van der Waals surface area contributed by atoms with Crippen molar-refractivity contribution in [2.24, 2.45) is 23.5 Å². The fraction of sp³-hybridized carbons (Fsp3) is 1.00. The molecule has 2 heterocycles. The lowest BCUT2D eigenvalue weighted by Gasteiger charge is -2.48. The Balaban J connectivity index is 2.04. The van der Waals surface area contributed by atoms with Crippen molar-refractivity contribution in [3.05, 3.63) is 0 Å². The molecule has 2 atom stereocenters. The zero-order valence-corrected chi connectivity index (χ0v) is 10.1. The average molecular weight is 214 g/mol. The first-order valence-corrected chi connectivity index (χ1v) is 6.89. The number of fused-ring (bicyclic) bond motifs is 2. The van der Waals surface area contributed by atoms with Gasteiger partial charge in [-0.3, -0.25) is 0 Å². The van der Waals surface area contributed by atoms with Gasteiger partial charge in [0.2, 0.25) is 0 Å². The van der Waals surface area contributed by atoms with Gasteiger partial charge in [0.1, 0.15) is 0 Å². The summed E-state index contributed by atoms with van der Waals surface area (Å²) in [7, 11) is 0. The Bertz CT molecular complexity index is 182. The molecule has 82 valence electrons. The van der Waals surface area contributed by atoms with E-state index in [2.05, 4.69) is 30.5 Å².